The Hall–Kier alpha value is -3.70. The molecule has 12 heteroatoms. The summed E-state index contributed by atoms with van der Waals surface area (Å²) in [5.41, 5.74) is -0.235. The molecule has 10 nitrogen and oxygen atoms in total. The molecule has 1 saturated carbocycles. The summed E-state index contributed by atoms with van der Waals surface area (Å²) >= 11 is 0. The van der Waals surface area contributed by atoms with Crippen LogP contribution in [0.25, 0.3) is 5.95 Å². The Labute approximate surface area is 169 Å². The van der Waals surface area contributed by atoms with Gasteiger partial charge in [-0.3, -0.25) is 9.36 Å². The van der Waals surface area contributed by atoms with Crippen LogP contribution in [0.5, 0.6) is 5.75 Å². The standard InChI is InChI=1S/C18H18F2N8O2/c19-16(20)30-13-8-21-17(22-9-13)25-12-5-4-11(7-12)24-14-10-23-18(27-26-14)28-6-2-1-3-15(28)29/h1-3,6,8-12,16H,4-5,7H2,(H,24,26)(H,21,22,25)/t11-,12-/m0/s1. The van der Waals surface area contributed by atoms with Gasteiger partial charge >= 0.3 is 6.61 Å². The van der Waals surface area contributed by atoms with E-state index in [0.29, 0.717) is 11.8 Å². The summed E-state index contributed by atoms with van der Waals surface area (Å²) in [4.78, 5) is 24.0. The van der Waals surface area contributed by atoms with E-state index in [0.717, 1.165) is 19.3 Å². The van der Waals surface area contributed by atoms with Crippen molar-refractivity contribution >= 4 is 11.8 Å². The highest BCUT2D eigenvalue weighted by molar-refractivity contribution is 5.34. The molecule has 0 aliphatic heterocycles. The van der Waals surface area contributed by atoms with Crippen LogP contribution in [0.1, 0.15) is 19.3 Å². The second-order valence-electron chi connectivity index (χ2n) is 6.67. The fourth-order valence-electron chi connectivity index (χ4n) is 3.23. The van der Waals surface area contributed by atoms with Gasteiger partial charge in [-0.15, -0.1) is 10.2 Å². The maximum Gasteiger partial charge on any atom is 0.387 e. The lowest BCUT2D eigenvalue weighted by Crippen LogP contribution is -2.23. The van der Waals surface area contributed by atoms with Crippen molar-refractivity contribution in [3.05, 3.63) is 53.3 Å². The van der Waals surface area contributed by atoms with Gasteiger partial charge in [-0.05, 0) is 25.3 Å². The van der Waals surface area contributed by atoms with Gasteiger partial charge < -0.3 is 15.4 Å². The number of anilines is 2. The van der Waals surface area contributed by atoms with Crippen LogP contribution in [-0.4, -0.2) is 48.4 Å². The third-order valence-electron chi connectivity index (χ3n) is 4.56. The second kappa shape index (κ2) is 8.76. The van der Waals surface area contributed by atoms with Crippen molar-refractivity contribution in [2.45, 2.75) is 38.0 Å². The highest BCUT2D eigenvalue weighted by Crippen LogP contribution is 2.24. The minimum Gasteiger partial charge on any atom is -0.432 e. The summed E-state index contributed by atoms with van der Waals surface area (Å²) in [6, 6.07) is 5.04. The molecule has 1 aliphatic rings. The average Bonchev–Trinajstić information content (AvgIpc) is 3.17. The largest absolute Gasteiger partial charge is 0.432 e. The van der Waals surface area contributed by atoms with Gasteiger partial charge in [0.2, 0.25) is 5.95 Å². The number of rotatable bonds is 7. The highest BCUT2D eigenvalue weighted by atomic mass is 19.3. The van der Waals surface area contributed by atoms with Crippen LogP contribution in [0.2, 0.25) is 0 Å². The van der Waals surface area contributed by atoms with E-state index in [4.69, 9.17) is 0 Å². The summed E-state index contributed by atoms with van der Waals surface area (Å²) in [5, 5.41) is 14.6. The van der Waals surface area contributed by atoms with Crippen LogP contribution in [0.3, 0.4) is 0 Å². The van der Waals surface area contributed by atoms with Crippen LogP contribution in [0, 0.1) is 0 Å². The monoisotopic (exact) mass is 416 g/mol. The van der Waals surface area contributed by atoms with Gasteiger partial charge in [-0.25, -0.2) is 15.0 Å². The lowest BCUT2D eigenvalue weighted by molar-refractivity contribution is -0.0503. The van der Waals surface area contributed by atoms with Crippen molar-refractivity contribution in [3.8, 4) is 11.7 Å². The predicted molar refractivity (Wildman–Crippen MR) is 103 cm³/mol. The zero-order valence-corrected chi connectivity index (χ0v) is 15.7. The number of nitrogens with one attached hydrogen (secondary N) is 2. The molecular weight excluding hydrogens is 398 g/mol. The summed E-state index contributed by atoms with van der Waals surface area (Å²) in [7, 11) is 0. The van der Waals surface area contributed by atoms with E-state index in [9.17, 15) is 13.6 Å². The summed E-state index contributed by atoms with van der Waals surface area (Å²) < 4.78 is 29.9. The molecule has 3 heterocycles. The number of alkyl halides is 2. The van der Waals surface area contributed by atoms with Crippen molar-refractivity contribution < 1.29 is 13.5 Å². The SMILES string of the molecule is O=c1ccccn1-c1ncc(N[C@H]2CC[C@H](Nc3ncc(OC(F)F)cn3)C2)nn1. The summed E-state index contributed by atoms with van der Waals surface area (Å²) in [6.45, 7) is -2.91. The molecule has 0 saturated heterocycles. The van der Waals surface area contributed by atoms with Crippen LogP contribution < -0.4 is 20.9 Å². The van der Waals surface area contributed by atoms with E-state index < -0.39 is 6.61 Å². The topological polar surface area (TPSA) is 120 Å². The van der Waals surface area contributed by atoms with Gasteiger partial charge in [0.1, 0.15) is 0 Å². The smallest absolute Gasteiger partial charge is 0.387 e. The molecule has 0 amide bonds. The third kappa shape index (κ3) is 4.82. The fraction of sp³-hybridized carbons (Fsp3) is 0.333. The lowest BCUT2D eigenvalue weighted by Gasteiger charge is -2.15. The molecule has 0 radical (unpaired) electrons. The maximum atomic E-state index is 12.2. The molecular formula is C18H18F2N8O2. The quantitative estimate of drug-likeness (QED) is 0.595. The zero-order chi connectivity index (χ0) is 20.9. The molecule has 0 aromatic carbocycles. The first kappa shape index (κ1) is 19.6. The fourth-order valence-corrected chi connectivity index (χ4v) is 3.23. The molecule has 156 valence electrons. The van der Waals surface area contributed by atoms with Crippen molar-refractivity contribution in [3.63, 3.8) is 0 Å². The predicted octanol–water partition coefficient (Wildman–Crippen LogP) is 1.86. The van der Waals surface area contributed by atoms with Gasteiger partial charge in [0.25, 0.3) is 11.5 Å². The van der Waals surface area contributed by atoms with Gasteiger partial charge in [-0.2, -0.15) is 8.78 Å². The molecule has 3 aromatic rings. The highest BCUT2D eigenvalue weighted by Gasteiger charge is 2.25. The van der Waals surface area contributed by atoms with Crippen molar-refractivity contribution in [1.82, 2.24) is 29.7 Å². The van der Waals surface area contributed by atoms with E-state index in [1.807, 2.05) is 0 Å². The van der Waals surface area contributed by atoms with E-state index in [2.05, 4.69) is 40.5 Å². The first-order chi connectivity index (χ1) is 14.6. The summed E-state index contributed by atoms with van der Waals surface area (Å²) in [5.74, 6) is 0.974. The number of pyridine rings is 1. The van der Waals surface area contributed by atoms with E-state index >= 15 is 0 Å². The first-order valence-corrected chi connectivity index (χ1v) is 9.24. The Morgan fingerprint density at radius 3 is 2.47 bits per heavy atom. The van der Waals surface area contributed by atoms with Gasteiger partial charge in [-0.1, -0.05) is 6.07 Å². The Morgan fingerprint density at radius 1 is 1.03 bits per heavy atom. The number of halogens is 2. The summed E-state index contributed by atoms with van der Waals surface area (Å²) in [6.07, 6.45) is 8.04. The molecule has 30 heavy (non-hydrogen) atoms. The molecule has 3 aromatic heterocycles. The van der Waals surface area contributed by atoms with Crippen LogP contribution in [0.15, 0.2) is 47.8 Å². The van der Waals surface area contributed by atoms with Crippen molar-refractivity contribution in [2.75, 3.05) is 10.6 Å². The van der Waals surface area contributed by atoms with Crippen molar-refractivity contribution in [2.24, 2.45) is 0 Å². The minimum atomic E-state index is -2.91. The Kier molecular flexibility index (Phi) is 5.72. The van der Waals surface area contributed by atoms with E-state index in [1.165, 1.54) is 29.2 Å². The molecule has 0 bridgehead atoms. The van der Waals surface area contributed by atoms with Crippen LogP contribution in [-0.2, 0) is 0 Å². The molecule has 1 fully saturated rings. The number of nitrogens with zero attached hydrogens (tertiary/aromatic N) is 6. The zero-order valence-electron chi connectivity index (χ0n) is 15.7. The van der Waals surface area contributed by atoms with E-state index in [-0.39, 0.29) is 29.3 Å². The molecule has 1 aliphatic carbocycles. The molecule has 0 spiro atoms. The third-order valence-corrected chi connectivity index (χ3v) is 4.56. The number of hydrogen-bond acceptors (Lipinski definition) is 9. The first-order valence-electron chi connectivity index (χ1n) is 9.24. The van der Waals surface area contributed by atoms with Crippen LogP contribution >= 0.6 is 0 Å². The Bertz CT molecular complexity index is 1030. The Morgan fingerprint density at radius 2 is 1.80 bits per heavy atom. The number of aromatic nitrogens is 6. The second-order valence-corrected chi connectivity index (χ2v) is 6.67. The number of hydrogen-bond donors (Lipinski definition) is 2. The minimum absolute atomic E-state index is 0.0891. The van der Waals surface area contributed by atoms with E-state index in [1.54, 1.807) is 18.3 Å². The average molecular weight is 416 g/mol. The van der Waals surface area contributed by atoms with Crippen molar-refractivity contribution in [1.29, 1.82) is 0 Å². The van der Waals surface area contributed by atoms with Gasteiger partial charge in [0, 0.05) is 24.3 Å². The van der Waals surface area contributed by atoms with Gasteiger partial charge in [0.15, 0.2) is 11.6 Å². The van der Waals surface area contributed by atoms with Crippen LogP contribution in [0.4, 0.5) is 20.5 Å². The van der Waals surface area contributed by atoms with Gasteiger partial charge in [0.05, 0.1) is 18.6 Å². The molecule has 4 rings (SSSR count). The normalized spacial score (nSPS) is 18.4. The number of ether oxygens (including phenoxy) is 1. The molecule has 0 unspecified atom stereocenters. The molecule has 2 N–H and O–H groups in total. The molecule has 2 atom stereocenters. The Balaban J connectivity index is 1.31. The maximum absolute atomic E-state index is 12.2. The lowest BCUT2D eigenvalue weighted by atomic mass is 10.2.